The molecule has 0 aliphatic carbocycles. The SMILES string of the molecule is CC/C=C\C/C=C\C/C=C\C/C=C\C/C=C\CC=CCCC(=O)NCCCCC(NC(=O)C1=CC(=O)C(C)(c2ccccc2)O1)C(=O)OC. The van der Waals surface area contributed by atoms with E-state index in [1.165, 1.54) is 7.11 Å². The van der Waals surface area contributed by atoms with Gasteiger partial charge in [0, 0.05) is 24.6 Å². The molecule has 49 heavy (non-hydrogen) atoms. The summed E-state index contributed by atoms with van der Waals surface area (Å²) in [6.45, 7) is 4.21. The molecule has 0 fully saturated rings. The minimum atomic E-state index is -1.31. The van der Waals surface area contributed by atoms with Gasteiger partial charge in [0.05, 0.1) is 7.11 Å². The summed E-state index contributed by atoms with van der Waals surface area (Å²) in [5.74, 6) is -1.79. The van der Waals surface area contributed by atoms with Crippen molar-refractivity contribution < 1.29 is 28.7 Å². The molecule has 0 radical (unpaired) electrons. The van der Waals surface area contributed by atoms with Gasteiger partial charge in [-0.15, -0.1) is 0 Å². The molecule has 1 heterocycles. The first-order valence-electron chi connectivity index (χ1n) is 17.4. The number of carbonyl (C=O) groups excluding carboxylic acids is 4. The van der Waals surface area contributed by atoms with Crippen LogP contribution in [0.25, 0.3) is 0 Å². The van der Waals surface area contributed by atoms with E-state index in [-0.39, 0.29) is 17.4 Å². The van der Waals surface area contributed by atoms with Crippen molar-refractivity contribution in [2.45, 2.75) is 96.1 Å². The number of ether oxygens (including phenoxy) is 2. The van der Waals surface area contributed by atoms with Gasteiger partial charge in [-0.1, -0.05) is 110 Å². The van der Waals surface area contributed by atoms with Crippen molar-refractivity contribution >= 4 is 23.6 Å². The van der Waals surface area contributed by atoms with Gasteiger partial charge in [-0.2, -0.15) is 0 Å². The molecule has 2 atom stereocenters. The van der Waals surface area contributed by atoms with Crippen molar-refractivity contribution in [3.8, 4) is 0 Å². The molecule has 1 aliphatic heterocycles. The van der Waals surface area contributed by atoms with E-state index in [0.29, 0.717) is 44.2 Å². The third-order valence-electron chi connectivity index (χ3n) is 7.76. The smallest absolute Gasteiger partial charge is 0.328 e. The van der Waals surface area contributed by atoms with E-state index >= 15 is 0 Å². The normalized spacial score (nSPS) is 17.1. The summed E-state index contributed by atoms with van der Waals surface area (Å²) in [6, 6.07) is 8.01. The van der Waals surface area contributed by atoms with Crippen LogP contribution in [-0.2, 0) is 34.3 Å². The summed E-state index contributed by atoms with van der Waals surface area (Å²) < 4.78 is 10.6. The topological polar surface area (TPSA) is 111 Å². The molecular formula is C41H54N2O6. The third kappa shape index (κ3) is 16.3. The van der Waals surface area contributed by atoms with Crippen LogP contribution < -0.4 is 10.6 Å². The average Bonchev–Trinajstić information content (AvgIpc) is 3.43. The van der Waals surface area contributed by atoms with E-state index in [0.717, 1.165) is 44.6 Å². The molecular weight excluding hydrogens is 616 g/mol. The van der Waals surface area contributed by atoms with E-state index in [1.54, 1.807) is 31.2 Å². The Labute approximate surface area is 292 Å². The summed E-state index contributed by atoms with van der Waals surface area (Å²) in [6.07, 6.45) is 35.3. The van der Waals surface area contributed by atoms with E-state index in [4.69, 9.17) is 9.47 Å². The number of hydrogen-bond acceptors (Lipinski definition) is 6. The highest BCUT2D eigenvalue weighted by Crippen LogP contribution is 2.34. The first-order valence-corrected chi connectivity index (χ1v) is 17.4. The molecule has 0 saturated heterocycles. The van der Waals surface area contributed by atoms with Gasteiger partial charge in [-0.3, -0.25) is 14.4 Å². The minimum absolute atomic E-state index is 0.0335. The lowest BCUT2D eigenvalue weighted by Gasteiger charge is -2.24. The van der Waals surface area contributed by atoms with Crippen molar-refractivity contribution in [2.75, 3.05) is 13.7 Å². The molecule has 2 amide bonds. The number of hydrogen-bond donors (Lipinski definition) is 2. The first-order chi connectivity index (χ1) is 23.8. The van der Waals surface area contributed by atoms with Crippen LogP contribution in [0.15, 0.2) is 115 Å². The summed E-state index contributed by atoms with van der Waals surface area (Å²) in [7, 11) is 1.25. The van der Waals surface area contributed by atoms with Gasteiger partial charge in [0.1, 0.15) is 6.04 Å². The maximum absolute atomic E-state index is 12.9. The van der Waals surface area contributed by atoms with Crippen LogP contribution in [0.1, 0.15) is 90.0 Å². The molecule has 8 nitrogen and oxygen atoms in total. The van der Waals surface area contributed by atoms with Gasteiger partial charge in [-0.25, -0.2) is 4.79 Å². The lowest BCUT2D eigenvalue weighted by molar-refractivity contribution is -0.145. The lowest BCUT2D eigenvalue weighted by Crippen LogP contribution is -2.42. The standard InChI is InChI=1S/C41H54N2O6/c1-4-5-6-7-8-9-10-11-12-13-14-15-16-17-18-19-20-21-25-31-38(45)42-32-27-26-30-35(40(47)48-3)43-39(46)36-33-37(44)41(2,49-36)34-28-23-22-24-29-34/h5-6,8-9,11-12,14-15,17-18,20-24,28-29,33,35H,4,7,10,13,16,19,25-27,30-32H2,1-3H3,(H,42,45)(H,43,46)/b6-5-,9-8-,12-11-,15-14-,18-17-,21-20?. The fourth-order valence-electron chi connectivity index (χ4n) is 4.89. The maximum atomic E-state index is 12.9. The van der Waals surface area contributed by atoms with Crippen LogP contribution in [0.2, 0.25) is 0 Å². The average molecular weight is 671 g/mol. The molecule has 2 unspecified atom stereocenters. The number of ketones is 1. The highest BCUT2D eigenvalue weighted by molar-refractivity contribution is 6.08. The zero-order valence-electron chi connectivity index (χ0n) is 29.4. The van der Waals surface area contributed by atoms with Crippen LogP contribution in [0.5, 0.6) is 0 Å². The van der Waals surface area contributed by atoms with Gasteiger partial charge >= 0.3 is 5.97 Å². The fraction of sp³-hybridized carbons (Fsp3) is 0.415. The molecule has 2 rings (SSSR count). The van der Waals surface area contributed by atoms with Gasteiger partial charge in [0.2, 0.25) is 11.7 Å². The lowest BCUT2D eigenvalue weighted by atomic mass is 9.92. The van der Waals surface area contributed by atoms with Gasteiger partial charge in [-0.05, 0) is 71.1 Å². The second kappa shape index (κ2) is 24.4. The largest absolute Gasteiger partial charge is 0.469 e. The molecule has 0 aromatic heterocycles. The zero-order chi connectivity index (χ0) is 35.6. The van der Waals surface area contributed by atoms with Crippen molar-refractivity contribution in [3.05, 3.63) is 121 Å². The number of allylic oxidation sites excluding steroid dienone is 12. The number of rotatable bonds is 23. The van der Waals surface area contributed by atoms with Crippen LogP contribution in [0.4, 0.5) is 0 Å². The Morgan fingerprint density at radius 1 is 0.816 bits per heavy atom. The predicted molar refractivity (Wildman–Crippen MR) is 196 cm³/mol. The van der Waals surface area contributed by atoms with Crippen molar-refractivity contribution in [3.63, 3.8) is 0 Å². The van der Waals surface area contributed by atoms with Crippen LogP contribution in [0, 0.1) is 0 Å². The number of unbranched alkanes of at least 4 members (excludes halogenated alkanes) is 1. The molecule has 0 spiro atoms. The predicted octanol–water partition coefficient (Wildman–Crippen LogP) is 7.81. The Morgan fingerprint density at radius 2 is 1.37 bits per heavy atom. The molecule has 8 heteroatoms. The van der Waals surface area contributed by atoms with Gasteiger partial charge in [0.15, 0.2) is 11.4 Å². The first kappa shape index (κ1) is 40.5. The maximum Gasteiger partial charge on any atom is 0.328 e. The van der Waals surface area contributed by atoms with Gasteiger partial charge in [0.25, 0.3) is 5.91 Å². The second-order valence-corrected chi connectivity index (χ2v) is 11.7. The number of benzene rings is 1. The molecule has 2 N–H and O–H groups in total. The van der Waals surface area contributed by atoms with Crippen LogP contribution in [0.3, 0.4) is 0 Å². The molecule has 264 valence electrons. The van der Waals surface area contributed by atoms with Crippen molar-refractivity contribution in [2.24, 2.45) is 0 Å². The number of nitrogens with one attached hydrogen (secondary N) is 2. The minimum Gasteiger partial charge on any atom is -0.469 e. The molecule has 1 aliphatic rings. The Morgan fingerprint density at radius 3 is 1.92 bits per heavy atom. The van der Waals surface area contributed by atoms with Gasteiger partial charge < -0.3 is 20.1 Å². The van der Waals surface area contributed by atoms with E-state index in [2.05, 4.69) is 84.4 Å². The van der Waals surface area contributed by atoms with Crippen LogP contribution >= 0.6 is 0 Å². The van der Waals surface area contributed by atoms with E-state index in [9.17, 15) is 19.2 Å². The zero-order valence-corrected chi connectivity index (χ0v) is 29.4. The molecule has 1 aromatic carbocycles. The number of esters is 1. The number of amides is 2. The number of carbonyl (C=O) groups is 4. The Bertz CT molecular complexity index is 1390. The van der Waals surface area contributed by atoms with Crippen LogP contribution in [-0.4, -0.2) is 43.3 Å². The highest BCUT2D eigenvalue weighted by Gasteiger charge is 2.44. The third-order valence-corrected chi connectivity index (χ3v) is 7.76. The quantitative estimate of drug-likeness (QED) is 0.0698. The highest BCUT2D eigenvalue weighted by atomic mass is 16.5. The summed E-state index contributed by atoms with van der Waals surface area (Å²) in [4.78, 5) is 50.1. The molecule has 0 saturated carbocycles. The van der Waals surface area contributed by atoms with E-state index in [1.807, 2.05) is 12.1 Å². The van der Waals surface area contributed by atoms with Crippen molar-refractivity contribution in [1.82, 2.24) is 10.6 Å². The monoisotopic (exact) mass is 670 g/mol. The Kier molecular flexibility index (Phi) is 20.2. The second-order valence-electron chi connectivity index (χ2n) is 11.7. The molecule has 1 aromatic rings. The Hall–Kier alpha value is -4.72. The summed E-state index contributed by atoms with van der Waals surface area (Å²) in [5, 5.41) is 5.53. The van der Waals surface area contributed by atoms with E-state index < -0.39 is 23.5 Å². The molecule has 0 bridgehead atoms. The number of methoxy groups -OCH3 is 1. The fourth-order valence-corrected chi connectivity index (χ4v) is 4.89. The van der Waals surface area contributed by atoms with Crippen molar-refractivity contribution in [1.29, 1.82) is 0 Å². The summed E-state index contributed by atoms with van der Waals surface area (Å²) in [5.41, 5.74) is -0.679. The Balaban J connectivity index is 1.56. The summed E-state index contributed by atoms with van der Waals surface area (Å²) >= 11 is 0.